The van der Waals surface area contributed by atoms with Gasteiger partial charge in [-0.3, -0.25) is 0 Å². The molecule has 2 nitrogen and oxygen atoms in total. The monoisotopic (exact) mass is 292 g/mol. The molecule has 0 aliphatic heterocycles. The SMILES string of the molecule is Cc1nc(C(NC2CC2)c2cccc(Cl)c2)sc1C. The van der Waals surface area contributed by atoms with E-state index >= 15 is 0 Å². The molecule has 2 aromatic rings. The van der Waals surface area contributed by atoms with Crippen molar-refractivity contribution >= 4 is 22.9 Å². The van der Waals surface area contributed by atoms with E-state index in [4.69, 9.17) is 16.6 Å². The lowest BCUT2D eigenvalue weighted by molar-refractivity contribution is 0.597. The van der Waals surface area contributed by atoms with Crippen molar-refractivity contribution in [2.24, 2.45) is 0 Å². The van der Waals surface area contributed by atoms with E-state index in [-0.39, 0.29) is 6.04 Å². The topological polar surface area (TPSA) is 24.9 Å². The van der Waals surface area contributed by atoms with Crippen LogP contribution in [0.2, 0.25) is 5.02 Å². The average molecular weight is 293 g/mol. The van der Waals surface area contributed by atoms with E-state index < -0.39 is 0 Å². The quantitative estimate of drug-likeness (QED) is 0.911. The Morgan fingerprint density at radius 2 is 2.16 bits per heavy atom. The molecule has 100 valence electrons. The number of hydrogen-bond acceptors (Lipinski definition) is 3. The predicted molar refractivity (Wildman–Crippen MR) is 81.0 cm³/mol. The first-order valence-corrected chi connectivity index (χ1v) is 7.78. The molecule has 19 heavy (non-hydrogen) atoms. The number of hydrogen-bond donors (Lipinski definition) is 1. The first-order valence-electron chi connectivity index (χ1n) is 6.59. The summed E-state index contributed by atoms with van der Waals surface area (Å²) in [6.07, 6.45) is 2.53. The van der Waals surface area contributed by atoms with Gasteiger partial charge in [0.15, 0.2) is 0 Å². The molecule has 3 rings (SSSR count). The molecule has 1 saturated carbocycles. The second-order valence-electron chi connectivity index (χ2n) is 5.12. The number of benzene rings is 1. The number of nitrogens with zero attached hydrogens (tertiary/aromatic N) is 1. The number of nitrogens with one attached hydrogen (secondary N) is 1. The van der Waals surface area contributed by atoms with Crippen molar-refractivity contribution in [1.82, 2.24) is 10.3 Å². The van der Waals surface area contributed by atoms with E-state index in [1.54, 1.807) is 11.3 Å². The van der Waals surface area contributed by atoms with Gasteiger partial charge in [-0.1, -0.05) is 23.7 Å². The van der Waals surface area contributed by atoms with Crippen molar-refractivity contribution < 1.29 is 0 Å². The molecule has 0 radical (unpaired) electrons. The van der Waals surface area contributed by atoms with E-state index in [1.807, 2.05) is 18.2 Å². The molecule has 1 aliphatic carbocycles. The summed E-state index contributed by atoms with van der Waals surface area (Å²) >= 11 is 7.90. The number of halogens is 1. The lowest BCUT2D eigenvalue weighted by Gasteiger charge is -2.17. The van der Waals surface area contributed by atoms with Gasteiger partial charge < -0.3 is 5.32 Å². The van der Waals surface area contributed by atoms with Gasteiger partial charge in [0.1, 0.15) is 5.01 Å². The van der Waals surface area contributed by atoms with E-state index in [2.05, 4.69) is 25.2 Å². The van der Waals surface area contributed by atoms with Crippen LogP contribution in [-0.4, -0.2) is 11.0 Å². The van der Waals surface area contributed by atoms with Crippen LogP contribution in [-0.2, 0) is 0 Å². The zero-order valence-corrected chi connectivity index (χ0v) is 12.7. The summed E-state index contributed by atoms with van der Waals surface area (Å²) in [6, 6.07) is 8.88. The fourth-order valence-corrected chi connectivity index (χ4v) is 3.31. The largest absolute Gasteiger partial charge is 0.301 e. The molecule has 1 fully saturated rings. The Morgan fingerprint density at radius 3 is 2.74 bits per heavy atom. The summed E-state index contributed by atoms with van der Waals surface area (Å²) in [5.41, 5.74) is 2.33. The van der Waals surface area contributed by atoms with Crippen molar-refractivity contribution in [1.29, 1.82) is 0 Å². The number of thiazole rings is 1. The van der Waals surface area contributed by atoms with Crippen molar-refractivity contribution in [2.45, 2.75) is 38.8 Å². The Kier molecular flexibility index (Phi) is 3.61. The van der Waals surface area contributed by atoms with Crippen LogP contribution in [0.25, 0.3) is 0 Å². The Morgan fingerprint density at radius 1 is 1.37 bits per heavy atom. The second kappa shape index (κ2) is 5.23. The zero-order chi connectivity index (χ0) is 13.4. The summed E-state index contributed by atoms with van der Waals surface area (Å²) in [7, 11) is 0. The van der Waals surface area contributed by atoms with Gasteiger partial charge in [-0.05, 0) is 44.4 Å². The first-order chi connectivity index (χ1) is 9.13. The Hall–Kier alpha value is -0.900. The molecule has 0 amide bonds. The molecular formula is C15H17ClN2S. The van der Waals surface area contributed by atoms with Gasteiger partial charge >= 0.3 is 0 Å². The average Bonchev–Trinajstić information content (AvgIpc) is 3.13. The van der Waals surface area contributed by atoms with Gasteiger partial charge in [0.05, 0.1) is 11.7 Å². The lowest BCUT2D eigenvalue weighted by Crippen LogP contribution is -2.24. The highest BCUT2D eigenvalue weighted by Gasteiger charge is 2.28. The normalized spacial score (nSPS) is 16.6. The molecule has 1 unspecified atom stereocenters. The maximum Gasteiger partial charge on any atom is 0.115 e. The van der Waals surface area contributed by atoms with Crippen LogP contribution < -0.4 is 5.32 Å². The molecule has 1 atom stereocenters. The van der Waals surface area contributed by atoms with Crippen LogP contribution in [0.1, 0.15) is 40.0 Å². The van der Waals surface area contributed by atoms with E-state index in [1.165, 1.54) is 23.3 Å². The van der Waals surface area contributed by atoms with Crippen LogP contribution in [0.3, 0.4) is 0 Å². The minimum absolute atomic E-state index is 0.170. The molecule has 0 saturated heterocycles. The van der Waals surface area contributed by atoms with Gasteiger partial charge in [-0.15, -0.1) is 11.3 Å². The molecule has 4 heteroatoms. The van der Waals surface area contributed by atoms with Crippen molar-refractivity contribution in [2.75, 3.05) is 0 Å². The maximum absolute atomic E-state index is 6.12. The van der Waals surface area contributed by atoms with Gasteiger partial charge in [0.25, 0.3) is 0 Å². The van der Waals surface area contributed by atoms with Gasteiger partial charge in [-0.25, -0.2) is 4.98 Å². The first kappa shape index (κ1) is 13.1. The number of aromatic nitrogens is 1. The summed E-state index contributed by atoms with van der Waals surface area (Å²) in [5, 5.41) is 5.61. The van der Waals surface area contributed by atoms with Gasteiger partial charge in [0.2, 0.25) is 0 Å². The highest BCUT2D eigenvalue weighted by Crippen LogP contribution is 2.32. The van der Waals surface area contributed by atoms with Crippen molar-refractivity contribution in [3.63, 3.8) is 0 Å². The zero-order valence-electron chi connectivity index (χ0n) is 11.1. The Labute approximate surface area is 122 Å². The van der Waals surface area contributed by atoms with Crippen LogP contribution in [0.4, 0.5) is 0 Å². The van der Waals surface area contributed by atoms with E-state index in [9.17, 15) is 0 Å². The highest BCUT2D eigenvalue weighted by atomic mass is 35.5. The third kappa shape index (κ3) is 2.99. The Balaban J connectivity index is 1.96. The fourth-order valence-electron chi connectivity index (χ4n) is 2.10. The maximum atomic E-state index is 6.12. The van der Waals surface area contributed by atoms with Crippen molar-refractivity contribution in [3.8, 4) is 0 Å². The molecule has 1 aromatic carbocycles. The van der Waals surface area contributed by atoms with E-state index in [0.717, 1.165) is 15.7 Å². The summed E-state index contributed by atoms with van der Waals surface area (Å²) in [5.74, 6) is 0. The molecule has 1 aromatic heterocycles. The van der Waals surface area contributed by atoms with Crippen LogP contribution in [0, 0.1) is 13.8 Å². The van der Waals surface area contributed by atoms with Crippen molar-refractivity contribution in [3.05, 3.63) is 50.4 Å². The Bertz CT molecular complexity index is 570. The summed E-state index contributed by atoms with van der Waals surface area (Å²) in [4.78, 5) is 6.00. The molecular weight excluding hydrogens is 276 g/mol. The van der Waals surface area contributed by atoms with Crippen LogP contribution in [0.15, 0.2) is 24.3 Å². The summed E-state index contributed by atoms with van der Waals surface area (Å²) in [6.45, 7) is 4.20. The molecule has 0 spiro atoms. The predicted octanol–water partition coefficient (Wildman–Crippen LogP) is 4.25. The second-order valence-corrected chi connectivity index (χ2v) is 6.79. The molecule has 1 heterocycles. The highest BCUT2D eigenvalue weighted by molar-refractivity contribution is 7.11. The third-order valence-electron chi connectivity index (χ3n) is 3.45. The number of rotatable bonds is 4. The molecule has 1 aliphatic rings. The van der Waals surface area contributed by atoms with Crippen LogP contribution >= 0.6 is 22.9 Å². The molecule has 0 bridgehead atoms. The van der Waals surface area contributed by atoms with Gasteiger partial charge in [-0.2, -0.15) is 0 Å². The minimum atomic E-state index is 0.170. The standard InChI is InChI=1S/C15H17ClN2S/c1-9-10(2)19-15(17-9)14(18-13-6-7-13)11-4-3-5-12(16)8-11/h3-5,8,13-14,18H,6-7H2,1-2H3. The lowest BCUT2D eigenvalue weighted by atomic mass is 10.1. The van der Waals surface area contributed by atoms with Crippen LogP contribution in [0.5, 0.6) is 0 Å². The van der Waals surface area contributed by atoms with Gasteiger partial charge in [0, 0.05) is 15.9 Å². The molecule has 1 N–H and O–H groups in total. The third-order valence-corrected chi connectivity index (χ3v) is 4.83. The fraction of sp³-hybridized carbons (Fsp3) is 0.400. The summed E-state index contributed by atoms with van der Waals surface area (Å²) < 4.78 is 0. The smallest absolute Gasteiger partial charge is 0.115 e. The minimum Gasteiger partial charge on any atom is -0.301 e. The van der Waals surface area contributed by atoms with E-state index in [0.29, 0.717) is 6.04 Å². The number of aryl methyl sites for hydroxylation is 2.